The van der Waals surface area contributed by atoms with E-state index in [-0.39, 0.29) is 12.1 Å². The van der Waals surface area contributed by atoms with Crippen molar-refractivity contribution in [3.05, 3.63) is 77.3 Å². The van der Waals surface area contributed by atoms with E-state index in [4.69, 9.17) is 28.8 Å². The van der Waals surface area contributed by atoms with Crippen LogP contribution in [0.3, 0.4) is 0 Å². The third-order valence-corrected chi connectivity index (χ3v) is 9.12. The molecule has 0 radical (unpaired) electrons. The van der Waals surface area contributed by atoms with Crippen molar-refractivity contribution in [1.29, 1.82) is 0 Å². The standard InChI is InChI=1S/C30H36ClN5S/c1-21-12-16-34(17-13-21)27-11-10-24(19-25(27)31)36-29(28(33-30(36)37)26-9-5-6-15-32-26)22-14-18-35(20-22)23-7-3-2-4-8-23/h5-6,9-11,14-15,18-21,23,28-29H,2-4,7-8,12-13,16-17H2,1H3,(H,33,37). The molecular formula is C30H36ClN5S. The van der Waals surface area contributed by atoms with Crippen molar-refractivity contribution in [3.8, 4) is 0 Å². The fraction of sp³-hybridized carbons (Fsp3) is 0.467. The Morgan fingerprint density at radius 1 is 1.00 bits per heavy atom. The van der Waals surface area contributed by atoms with Crippen LogP contribution in [0.4, 0.5) is 11.4 Å². The molecule has 1 N–H and O–H groups in total. The minimum Gasteiger partial charge on any atom is -0.370 e. The molecule has 2 aliphatic heterocycles. The zero-order chi connectivity index (χ0) is 25.4. The van der Waals surface area contributed by atoms with E-state index in [1.165, 1.54) is 50.5 Å². The molecule has 2 aromatic heterocycles. The van der Waals surface area contributed by atoms with Gasteiger partial charge in [0.2, 0.25) is 0 Å². The summed E-state index contributed by atoms with van der Waals surface area (Å²) in [7, 11) is 0. The Morgan fingerprint density at radius 2 is 1.81 bits per heavy atom. The first-order valence-corrected chi connectivity index (χ1v) is 14.6. The number of hydrogen-bond donors (Lipinski definition) is 1. The molecule has 3 aromatic rings. The predicted octanol–water partition coefficient (Wildman–Crippen LogP) is 7.46. The van der Waals surface area contributed by atoms with E-state index in [0.29, 0.717) is 11.2 Å². The Hall–Kier alpha value is -2.57. The summed E-state index contributed by atoms with van der Waals surface area (Å²) in [6.07, 6.45) is 15.4. The quantitative estimate of drug-likeness (QED) is 0.344. The molecule has 1 aromatic carbocycles. The third-order valence-electron chi connectivity index (χ3n) is 8.51. The van der Waals surface area contributed by atoms with Crippen LogP contribution < -0.4 is 15.1 Å². The van der Waals surface area contributed by atoms with Gasteiger partial charge in [-0.2, -0.15) is 0 Å². The number of nitrogens with one attached hydrogen (secondary N) is 1. The van der Waals surface area contributed by atoms with E-state index in [1.807, 2.05) is 18.3 Å². The van der Waals surface area contributed by atoms with E-state index in [0.717, 1.165) is 41.1 Å². The molecule has 6 rings (SSSR count). The second-order valence-electron chi connectivity index (χ2n) is 11.0. The summed E-state index contributed by atoms with van der Waals surface area (Å²) in [6, 6.07) is 15.3. The maximum Gasteiger partial charge on any atom is 0.174 e. The topological polar surface area (TPSA) is 36.3 Å². The minimum atomic E-state index is -0.0436. The third kappa shape index (κ3) is 4.98. The zero-order valence-corrected chi connectivity index (χ0v) is 23.1. The molecule has 37 heavy (non-hydrogen) atoms. The lowest BCUT2D eigenvalue weighted by atomic mass is 9.95. The highest BCUT2D eigenvalue weighted by molar-refractivity contribution is 7.80. The van der Waals surface area contributed by atoms with Crippen molar-refractivity contribution in [2.75, 3.05) is 22.9 Å². The summed E-state index contributed by atoms with van der Waals surface area (Å²) in [5.41, 5.74) is 4.38. The van der Waals surface area contributed by atoms with Gasteiger partial charge in [-0.25, -0.2) is 0 Å². The van der Waals surface area contributed by atoms with Crippen molar-refractivity contribution in [2.45, 2.75) is 70.0 Å². The summed E-state index contributed by atoms with van der Waals surface area (Å²) in [4.78, 5) is 9.37. The summed E-state index contributed by atoms with van der Waals surface area (Å²) in [6.45, 7) is 4.45. The molecule has 1 aliphatic carbocycles. The Balaban J connectivity index is 1.35. The normalized spacial score (nSPS) is 23.5. The molecule has 1 saturated carbocycles. The summed E-state index contributed by atoms with van der Waals surface area (Å²) in [5, 5.41) is 5.09. The molecule has 194 valence electrons. The van der Waals surface area contributed by atoms with Crippen molar-refractivity contribution in [1.82, 2.24) is 14.9 Å². The van der Waals surface area contributed by atoms with E-state index >= 15 is 0 Å². The summed E-state index contributed by atoms with van der Waals surface area (Å²) >= 11 is 12.9. The maximum absolute atomic E-state index is 6.93. The molecule has 2 saturated heterocycles. The molecule has 0 spiro atoms. The van der Waals surface area contributed by atoms with Crippen LogP contribution in [0.15, 0.2) is 61.1 Å². The van der Waals surface area contributed by atoms with Crippen LogP contribution in [0.1, 0.15) is 81.3 Å². The van der Waals surface area contributed by atoms with Crippen LogP contribution in [0, 0.1) is 5.92 Å². The number of thiocarbonyl (C=S) groups is 1. The first kappa shape index (κ1) is 24.7. The Morgan fingerprint density at radius 3 is 2.54 bits per heavy atom. The van der Waals surface area contributed by atoms with Gasteiger partial charge >= 0.3 is 0 Å². The lowest BCUT2D eigenvalue weighted by Gasteiger charge is -2.33. The Labute approximate surface area is 230 Å². The second kappa shape index (κ2) is 10.7. The van der Waals surface area contributed by atoms with Gasteiger partial charge in [0.25, 0.3) is 0 Å². The van der Waals surface area contributed by atoms with E-state index < -0.39 is 0 Å². The number of halogens is 1. The van der Waals surface area contributed by atoms with Gasteiger partial charge in [-0.05, 0) is 85.8 Å². The molecule has 5 nitrogen and oxygen atoms in total. The van der Waals surface area contributed by atoms with Crippen LogP contribution >= 0.6 is 23.8 Å². The fourth-order valence-electron chi connectivity index (χ4n) is 6.34. The van der Waals surface area contributed by atoms with Crippen molar-refractivity contribution >= 4 is 40.3 Å². The maximum atomic E-state index is 6.93. The number of pyridine rings is 1. The first-order chi connectivity index (χ1) is 18.1. The van der Waals surface area contributed by atoms with E-state index in [2.05, 4.69) is 69.3 Å². The minimum absolute atomic E-state index is 0.00927. The van der Waals surface area contributed by atoms with Crippen molar-refractivity contribution in [3.63, 3.8) is 0 Å². The lowest BCUT2D eigenvalue weighted by molar-refractivity contribution is 0.353. The van der Waals surface area contributed by atoms with Crippen LogP contribution in [0.2, 0.25) is 5.02 Å². The molecule has 0 amide bonds. The monoisotopic (exact) mass is 533 g/mol. The van der Waals surface area contributed by atoms with Gasteiger partial charge in [-0.1, -0.05) is 43.9 Å². The molecule has 3 fully saturated rings. The molecular weight excluding hydrogens is 498 g/mol. The van der Waals surface area contributed by atoms with Crippen LogP contribution in [0.5, 0.6) is 0 Å². The largest absolute Gasteiger partial charge is 0.370 e. The second-order valence-corrected chi connectivity index (χ2v) is 11.8. The van der Waals surface area contributed by atoms with E-state index in [9.17, 15) is 0 Å². The smallest absolute Gasteiger partial charge is 0.174 e. The number of anilines is 2. The molecule has 3 aliphatic rings. The summed E-state index contributed by atoms with van der Waals surface area (Å²) in [5.74, 6) is 0.785. The van der Waals surface area contributed by atoms with Crippen LogP contribution in [-0.4, -0.2) is 27.8 Å². The number of benzene rings is 1. The van der Waals surface area contributed by atoms with Gasteiger partial charge in [0, 0.05) is 43.4 Å². The molecule has 4 heterocycles. The first-order valence-electron chi connectivity index (χ1n) is 13.8. The van der Waals surface area contributed by atoms with E-state index in [1.54, 1.807) is 0 Å². The molecule has 2 atom stereocenters. The van der Waals surface area contributed by atoms with Crippen molar-refractivity contribution < 1.29 is 0 Å². The lowest BCUT2D eigenvalue weighted by Crippen LogP contribution is -2.33. The molecule has 7 heteroatoms. The zero-order valence-electron chi connectivity index (χ0n) is 21.5. The number of hydrogen-bond acceptors (Lipinski definition) is 3. The fourth-order valence-corrected chi connectivity index (χ4v) is 6.98. The van der Waals surface area contributed by atoms with Crippen molar-refractivity contribution in [2.24, 2.45) is 5.92 Å². The van der Waals surface area contributed by atoms with Crippen LogP contribution in [-0.2, 0) is 0 Å². The Bertz CT molecular complexity index is 1230. The van der Waals surface area contributed by atoms with Gasteiger partial charge in [0.15, 0.2) is 5.11 Å². The number of aromatic nitrogens is 2. The van der Waals surface area contributed by atoms with Gasteiger partial charge < -0.3 is 19.7 Å². The van der Waals surface area contributed by atoms with Crippen LogP contribution in [0.25, 0.3) is 0 Å². The predicted molar refractivity (Wildman–Crippen MR) is 157 cm³/mol. The van der Waals surface area contributed by atoms with Gasteiger partial charge in [0.1, 0.15) is 0 Å². The molecule has 0 bridgehead atoms. The highest BCUT2D eigenvalue weighted by atomic mass is 35.5. The highest BCUT2D eigenvalue weighted by Crippen LogP contribution is 2.44. The number of nitrogens with zero attached hydrogens (tertiary/aromatic N) is 4. The van der Waals surface area contributed by atoms with Gasteiger partial charge in [-0.3, -0.25) is 4.98 Å². The number of rotatable bonds is 5. The summed E-state index contributed by atoms with van der Waals surface area (Å²) < 4.78 is 2.43. The number of piperidine rings is 1. The van der Waals surface area contributed by atoms with Gasteiger partial charge in [0.05, 0.1) is 28.5 Å². The average molecular weight is 534 g/mol. The van der Waals surface area contributed by atoms with Gasteiger partial charge in [-0.15, -0.1) is 0 Å². The Kier molecular flexibility index (Phi) is 7.13. The highest BCUT2D eigenvalue weighted by Gasteiger charge is 2.41. The average Bonchev–Trinajstić information content (AvgIpc) is 3.55. The molecule has 2 unspecified atom stereocenters. The SMILES string of the molecule is CC1CCN(c2ccc(N3C(=S)NC(c4ccccn4)C3c3ccn(C4CCCCC4)c3)cc2Cl)CC1.